The van der Waals surface area contributed by atoms with Gasteiger partial charge in [0.2, 0.25) is 0 Å². The normalized spacial score (nSPS) is 10.0. The van der Waals surface area contributed by atoms with E-state index in [-0.39, 0.29) is 12.4 Å². The van der Waals surface area contributed by atoms with Gasteiger partial charge in [0.25, 0.3) is 0 Å². The first-order chi connectivity index (χ1) is 8.84. The summed E-state index contributed by atoms with van der Waals surface area (Å²) in [5.74, 6) is 0.863. The molecular weight excluding hydrogens is 330 g/mol. The van der Waals surface area contributed by atoms with Crippen molar-refractivity contribution in [3.8, 4) is 5.75 Å². The molecule has 19 heavy (non-hydrogen) atoms. The van der Waals surface area contributed by atoms with Crippen LogP contribution in [0.15, 0.2) is 28.7 Å². The fourth-order valence-electron chi connectivity index (χ4n) is 1.45. The summed E-state index contributed by atoms with van der Waals surface area (Å²) in [6, 6.07) is 7.83. The largest absolute Gasteiger partial charge is 0.490 e. The summed E-state index contributed by atoms with van der Waals surface area (Å²) in [4.78, 5) is 0. The molecule has 1 rings (SSSR count). The second kappa shape index (κ2) is 12.7. The van der Waals surface area contributed by atoms with E-state index in [1.165, 1.54) is 12.8 Å². The Morgan fingerprint density at radius 2 is 1.89 bits per heavy atom. The van der Waals surface area contributed by atoms with Gasteiger partial charge < -0.3 is 14.8 Å². The Kier molecular flexibility index (Phi) is 12.5. The molecule has 0 bridgehead atoms. The highest BCUT2D eigenvalue weighted by atomic mass is 79.9. The number of rotatable bonds is 10. The molecule has 3 nitrogen and oxygen atoms in total. The van der Waals surface area contributed by atoms with Crippen LogP contribution in [0.4, 0.5) is 0 Å². The van der Waals surface area contributed by atoms with Crippen LogP contribution < -0.4 is 10.1 Å². The summed E-state index contributed by atoms with van der Waals surface area (Å²) in [5, 5.41) is 3.33. The van der Waals surface area contributed by atoms with Crippen LogP contribution in [0.1, 0.15) is 19.8 Å². The maximum absolute atomic E-state index is 5.59. The van der Waals surface area contributed by atoms with Gasteiger partial charge in [0.05, 0.1) is 17.7 Å². The lowest BCUT2D eigenvalue weighted by Crippen LogP contribution is -2.21. The predicted molar refractivity (Wildman–Crippen MR) is 85.5 cm³/mol. The fourth-order valence-corrected chi connectivity index (χ4v) is 1.84. The number of benzene rings is 1. The Balaban J connectivity index is 0.00000324. The molecule has 0 fully saturated rings. The molecule has 0 saturated carbocycles. The summed E-state index contributed by atoms with van der Waals surface area (Å²) < 4.78 is 12.0. The molecule has 0 aliphatic heterocycles. The van der Waals surface area contributed by atoms with E-state index in [2.05, 4.69) is 28.2 Å². The van der Waals surface area contributed by atoms with Gasteiger partial charge in [-0.05, 0) is 41.0 Å². The van der Waals surface area contributed by atoms with Crippen LogP contribution in [-0.4, -0.2) is 32.9 Å². The smallest absolute Gasteiger partial charge is 0.133 e. The third-order valence-electron chi connectivity index (χ3n) is 2.45. The number of ether oxygens (including phenoxy) is 2. The minimum Gasteiger partial charge on any atom is -0.490 e. The highest BCUT2D eigenvalue weighted by Crippen LogP contribution is 2.23. The molecular formula is C14H23BrClNO2. The lowest BCUT2D eigenvalue weighted by Gasteiger charge is -2.09. The first kappa shape index (κ1) is 18.7. The van der Waals surface area contributed by atoms with Crippen LogP contribution in [0, 0.1) is 0 Å². The van der Waals surface area contributed by atoms with Crippen molar-refractivity contribution in [2.75, 3.05) is 32.9 Å². The van der Waals surface area contributed by atoms with Crippen molar-refractivity contribution < 1.29 is 9.47 Å². The third kappa shape index (κ3) is 9.27. The molecule has 0 aliphatic carbocycles. The molecule has 0 unspecified atom stereocenters. The number of hydrogen-bond donors (Lipinski definition) is 1. The van der Waals surface area contributed by atoms with Crippen LogP contribution in [0.2, 0.25) is 0 Å². The van der Waals surface area contributed by atoms with Crippen LogP contribution in [0.25, 0.3) is 0 Å². The molecule has 5 heteroatoms. The Morgan fingerprint density at radius 1 is 1.11 bits per heavy atom. The summed E-state index contributed by atoms with van der Waals surface area (Å²) in [7, 11) is 0. The predicted octanol–water partition coefficient (Wildman–Crippen LogP) is 3.66. The fraction of sp³-hybridized carbons (Fsp3) is 0.571. The summed E-state index contributed by atoms with van der Waals surface area (Å²) in [6.07, 6.45) is 2.46. The Labute approximate surface area is 130 Å². The molecule has 0 amide bonds. The number of unbranched alkanes of at least 4 members (excludes halogenated alkanes) is 1. The summed E-state index contributed by atoms with van der Waals surface area (Å²) in [5.41, 5.74) is 0. The van der Waals surface area contributed by atoms with Crippen molar-refractivity contribution in [1.29, 1.82) is 0 Å². The highest BCUT2D eigenvalue weighted by molar-refractivity contribution is 9.10. The SMILES string of the molecule is CCCCNCCOCCOc1ccccc1Br.Cl. The standard InChI is InChI=1S/C14H22BrNO2.ClH/c1-2-3-8-16-9-10-17-11-12-18-14-7-5-4-6-13(14)15;/h4-7,16H,2-3,8-12H2,1H3;1H. The van der Waals surface area contributed by atoms with Crippen LogP contribution in [-0.2, 0) is 4.74 Å². The van der Waals surface area contributed by atoms with Gasteiger partial charge in [-0.1, -0.05) is 25.5 Å². The van der Waals surface area contributed by atoms with Crippen LogP contribution in [0.5, 0.6) is 5.75 Å². The van der Waals surface area contributed by atoms with Gasteiger partial charge in [-0.2, -0.15) is 0 Å². The van der Waals surface area contributed by atoms with E-state index < -0.39 is 0 Å². The third-order valence-corrected chi connectivity index (χ3v) is 3.11. The topological polar surface area (TPSA) is 30.5 Å². The van der Waals surface area contributed by atoms with Crippen molar-refractivity contribution in [2.24, 2.45) is 0 Å². The molecule has 0 saturated heterocycles. The van der Waals surface area contributed by atoms with Gasteiger partial charge in [-0.3, -0.25) is 0 Å². The lowest BCUT2D eigenvalue weighted by atomic mass is 10.3. The molecule has 0 aromatic heterocycles. The average molecular weight is 353 g/mol. The zero-order valence-electron chi connectivity index (χ0n) is 11.4. The van der Waals surface area contributed by atoms with Gasteiger partial charge in [0.1, 0.15) is 12.4 Å². The van der Waals surface area contributed by atoms with Crippen LogP contribution in [0.3, 0.4) is 0 Å². The van der Waals surface area contributed by atoms with E-state index in [0.717, 1.165) is 29.9 Å². The molecule has 0 heterocycles. The van der Waals surface area contributed by atoms with Gasteiger partial charge >= 0.3 is 0 Å². The van der Waals surface area contributed by atoms with E-state index in [1.54, 1.807) is 0 Å². The van der Waals surface area contributed by atoms with E-state index >= 15 is 0 Å². The molecule has 110 valence electrons. The van der Waals surface area contributed by atoms with Gasteiger partial charge in [0.15, 0.2) is 0 Å². The Hall–Kier alpha value is -0.290. The van der Waals surface area contributed by atoms with Crippen molar-refractivity contribution in [1.82, 2.24) is 5.32 Å². The zero-order chi connectivity index (χ0) is 13.1. The first-order valence-corrected chi connectivity index (χ1v) is 7.29. The van der Waals surface area contributed by atoms with E-state index in [0.29, 0.717) is 13.2 Å². The lowest BCUT2D eigenvalue weighted by molar-refractivity contribution is 0.101. The minimum atomic E-state index is 0. The molecule has 0 atom stereocenters. The van der Waals surface area contributed by atoms with Crippen molar-refractivity contribution in [2.45, 2.75) is 19.8 Å². The van der Waals surface area contributed by atoms with Gasteiger partial charge in [-0.25, -0.2) is 0 Å². The van der Waals surface area contributed by atoms with E-state index in [1.807, 2.05) is 24.3 Å². The van der Waals surface area contributed by atoms with Crippen molar-refractivity contribution in [3.63, 3.8) is 0 Å². The minimum absolute atomic E-state index is 0. The molecule has 1 aromatic rings. The van der Waals surface area contributed by atoms with Gasteiger partial charge in [-0.15, -0.1) is 12.4 Å². The zero-order valence-corrected chi connectivity index (χ0v) is 13.8. The second-order valence-electron chi connectivity index (χ2n) is 3.99. The highest BCUT2D eigenvalue weighted by Gasteiger charge is 1.98. The summed E-state index contributed by atoms with van der Waals surface area (Å²) >= 11 is 3.44. The quantitative estimate of drug-likeness (QED) is 0.652. The molecule has 0 spiro atoms. The maximum Gasteiger partial charge on any atom is 0.133 e. The maximum atomic E-state index is 5.59. The molecule has 0 radical (unpaired) electrons. The van der Waals surface area contributed by atoms with E-state index in [9.17, 15) is 0 Å². The number of para-hydroxylation sites is 1. The van der Waals surface area contributed by atoms with Crippen molar-refractivity contribution in [3.05, 3.63) is 28.7 Å². The first-order valence-electron chi connectivity index (χ1n) is 6.50. The molecule has 1 N–H and O–H groups in total. The second-order valence-corrected chi connectivity index (χ2v) is 4.85. The molecule has 1 aromatic carbocycles. The van der Waals surface area contributed by atoms with Crippen molar-refractivity contribution >= 4 is 28.3 Å². The Morgan fingerprint density at radius 3 is 2.63 bits per heavy atom. The number of halogens is 2. The van der Waals surface area contributed by atoms with Crippen LogP contribution >= 0.6 is 28.3 Å². The average Bonchev–Trinajstić information content (AvgIpc) is 2.39. The van der Waals surface area contributed by atoms with E-state index in [4.69, 9.17) is 9.47 Å². The summed E-state index contributed by atoms with van der Waals surface area (Å²) in [6.45, 7) is 6.12. The monoisotopic (exact) mass is 351 g/mol. The number of nitrogens with one attached hydrogen (secondary N) is 1. The number of hydrogen-bond acceptors (Lipinski definition) is 3. The Bertz CT molecular complexity index is 326. The molecule has 0 aliphatic rings. The van der Waals surface area contributed by atoms with Gasteiger partial charge in [0, 0.05) is 6.54 Å².